The summed E-state index contributed by atoms with van der Waals surface area (Å²) in [6.45, 7) is 4.60. The van der Waals surface area contributed by atoms with E-state index < -0.39 is 12.0 Å². The average Bonchev–Trinajstić information content (AvgIpc) is 2.00. The van der Waals surface area contributed by atoms with E-state index in [-0.39, 0.29) is 5.91 Å². The molecule has 0 unspecified atom stereocenters. The van der Waals surface area contributed by atoms with Crippen molar-refractivity contribution < 1.29 is 14.7 Å². The molecule has 0 spiro atoms. The molecule has 1 aliphatic heterocycles. The van der Waals surface area contributed by atoms with E-state index in [1.165, 1.54) is 6.92 Å². The summed E-state index contributed by atoms with van der Waals surface area (Å²) < 4.78 is 0. The third-order valence-electron chi connectivity index (χ3n) is 2.27. The second kappa shape index (κ2) is 4.23. The van der Waals surface area contributed by atoms with E-state index in [0.717, 1.165) is 18.7 Å². The Morgan fingerprint density at radius 3 is 2.43 bits per heavy atom. The van der Waals surface area contributed by atoms with Crippen LogP contribution >= 0.6 is 0 Å². The third-order valence-corrected chi connectivity index (χ3v) is 2.27. The van der Waals surface area contributed by atoms with Gasteiger partial charge in [0.05, 0.1) is 0 Å². The zero-order valence-corrected chi connectivity index (χ0v) is 8.26. The van der Waals surface area contributed by atoms with E-state index in [0.29, 0.717) is 5.57 Å². The molecule has 0 radical (unpaired) electrons. The van der Waals surface area contributed by atoms with Crippen molar-refractivity contribution in [2.24, 2.45) is 0 Å². The topological polar surface area (TPSA) is 78.4 Å². The number of carboxylic acids is 1. The molecule has 5 heteroatoms. The van der Waals surface area contributed by atoms with Crippen LogP contribution in [-0.2, 0) is 9.59 Å². The van der Waals surface area contributed by atoms with Crippen LogP contribution in [0.4, 0.5) is 0 Å². The Balaban J connectivity index is 2.54. The highest BCUT2D eigenvalue weighted by Gasteiger charge is 2.19. The van der Waals surface area contributed by atoms with Gasteiger partial charge in [-0.2, -0.15) is 0 Å². The van der Waals surface area contributed by atoms with Crippen molar-refractivity contribution in [2.45, 2.75) is 19.9 Å². The molecule has 1 saturated heterocycles. The predicted octanol–water partition coefficient (Wildman–Crippen LogP) is -0.505. The van der Waals surface area contributed by atoms with E-state index in [2.05, 4.69) is 10.6 Å². The van der Waals surface area contributed by atoms with Gasteiger partial charge in [-0.3, -0.25) is 9.59 Å². The summed E-state index contributed by atoms with van der Waals surface area (Å²) in [6.07, 6.45) is 0. The molecule has 0 bridgehead atoms. The van der Waals surface area contributed by atoms with E-state index >= 15 is 0 Å². The van der Waals surface area contributed by atoms with Gasteiger partial charge >= 0.3 is 5.97 Å². The summed E-state index contributed by atoms with van der Waals surface area (Å²) in [5.41, 5.74) is 1.66. The number of carboxylic acid groups (broad SMARTS) is 1. The van der Waals surface area contributed by atoms with Crippen LogP contribution in [-0.4, -0.2) is 36.1 Å². The van der Waals surface area contributed by atoms with Gasteiger partial charge in [-0.1, -0.05) is 0 Å². The lowest BCUT2D eigenvalue weighted by Gasteiger charge is -2.22. The quantitative estimate of drug-likeness (QED) is 0.534. The Kier molecular flexibility index (Phi) is 3.24. The molecule has 1 heterocycles. The summed E-state index contributed by atoms with van der Waals surface area (Å²) in [5, 5.41) is 14.0. The minimum atomic E-state index is -1.03. The minimum absolute atomic E-state index is 0.295. The minimum Gasteiger partial charge on any atom is -0.480 e. The number of amides is 1. The van der Waals surface area contributed by atoms with Gasteiger partial charge in [-0.15, -0.1) is 0 Å². The van der Waals surface area contributed by atoms with Crippen molar-refractivity contribution in [1.82, 2.24) is 10.6 Å². The molecule has 14 heavy (non-hydrogen) atoms. The fraction of sp³-hybridized carbons (Fsp3) is 0.556. The Hall–Kier alpha value is -1.36. The second-order valence-corrected chi connectivity index (χ2v) is 3.37. The fourth-order valence-electron chi connectivity index (χ4n) is 1.04. The smallest absolute Gasteiger partial charge is 0.325 e. The van der Waals surface area contributed by atoms with Gasteiger partial charge in [0.2, 0.25) is 5.91 Å². The monoisotopic (exact) mass is 198 g/mol. The molecular formula is C9H14N2O3. The maximum Gasteiger partial charge on any atom is 0.325 e. The van der Waals surface area contributed by atoms with Gasteiger partial charge in [0.15, 0.2) is 0 Å². The molecule has 78 valence electrons. The molecule has 3 N–H and O–H groups in total. The SMILES string of the molecule is CC(C(=O)N[C@@H](C)C(=O)O)=C1CNC1. The van der Waals surface area contributed by atoms with Crippen molar-refractivity contribution in [2.75, 3.05) is 13.1 Å². The van der Waals surface area contributed by atoms with E-state index in [1.54, 1.807) is 6.92 Å². The van der Waals surface area contributed by atoms with Crippen molar-refractivity contribution in [3.63, 3.8) is 0 Å². The maximum absolute atomic E-state index is 11.4. The first kappa shape index (κ1) is 10.7. The third kappa shape index (κ3) is 2.32. The number of aliphatic carboxylic acids is 1. The van der Waals surface area contributed by atoms with Crippen molar-refractivity contribution in [1.29, 1.82) is 0 Å². The second-order valence-electron chi connectivity index (χ2n) is 3.37. The van der Waals surface area contributed by atoms with Crippen LogP contribution in [0.3, 0.4) is 0 Å². The molecule has 0 aromatic rings. The van der Waals surface area contributed by atoms with Gasteiger partial charge in [-0.05, 0) is 19.4 Å². The molecular weight excluding hydrogens is 184 g/mol. The van der Waals surface area contributed by atoms with Crippen molar-refractivity contribution in [3.05, 3.63) is 11.1 Å². The Morgan fingerprint density at radius 1 is 1.50 bits per heavy atom. The molecule has 1 atom stereocenters. The Bertz CT molecular complexity index is 290. The zero-order chi connectivity index (χ0) is 10.7. The standard InChI is InChI=1S/C9H14N2O3/c1-5(7-3-10-4-7)8(12)11-6(2)9(13)14/h6,10H,3-4H2,1-2H3,(H,11,12)(H,13,14)/t6-/m0/s1. The number of carbonyl (C=O) groups is 2. The number of hydrogen-bond donors (Lipinski definition) is 3. The molecule has 0 aromatic heterocycles. The van der Waals surface area contributed by atoms with Gasteiger partial charge < -0.3 is 15.7 Å². The molecule has 1 amide bonds. The van der Waals surface area contributed by atoms with Crippen LogP contribution in [0.25, 0.3) is 0 Å². The first-order chi connectivity index (χ1) is 6.52. The lowest BCUT2D eigenvalue weighted by atomic mass is 10.0. The molecule has 5 nitrogen and oxygen atoms in total. The average molecular weight is 198 g/mol. The van der Waals surface area contributed by atoms with Crippen LogP contribution in [0, 0.1) is 0 Å². The van der Waals surface area contributed by atoms with Crippen molar-refractivity contribution in [3.8, 4) is 0 Å². The highest BCUT2D eigenvalue weighted by atomic mass is 16.4. The molecule has 1 rings (SSSR count). The summed E-state index contributed by atoms with van der Waals surface area (Å²) >= 11 is 0. The lowest BCUT2D eigenvalue weighted by Crippen LogP contribution is -2.42. The van der Waals surface area contributed by atoms with Crippen LogP contribution in [0.2, 0.25) is 0 Å². The number of rotatable bonds is 3. The summed E-state index contributed by atoms with van der Waals surface area (Å²) in [7, 11) is 0. The van der Waals surface area contributed by atoms with Crippen LogP contribution in [0.15, 0.2) is 11.1 Å². The number of nitrogens with one attached hydrogen (secondary N) is 2. The van der Waals surface area contributed by atoms with Crippen LogP contribution in [0.5, 0.6) is 0 Å². The van der Waals surface area contributed by atoms with E-state index in [9.17, 15) is 9.59 Å². The summed E-state index contributed by atoms with van der Waals surface area (Å²) in [5.74, 6) is -1.32. The van der Waals surface area contributed by atoms with Crippen LogP contribution in [0.1, 0.15) is 13.8 Å². The van der Waals surface area contributed by atoms with Gasteiger partial charge in [-0.25, -0.2) is 0 Å². The van der Waals surface area contributed by atoms with E-state index in [1.807, 2.05) is 0 Å². The van der Waals surface area contributed by atoms with Gasteiger partial charge in [0.25, 0.3) is 0 Å². The molecule has 1 aliphatic rings. The number of hydrogen-bond acceptors (Lipinski definition) is 3. The van der Waals surface area contributed by atoms with Crippen LogP contribution < -0.4 is 10.6 Å². The van der Waals surface area contributed by atoms with Gasteiger partial charge in [0.1, 0.15) is 6.04 Å². The largest absolute Gasteiger partial charge is 0.480 e. The molecule has 0 aromatic carbocycles. The molecule has 0 saturated carbocycles. The van der Waals surface area contributed by atoms with Gasteiger partial charge in [0, 0.05) is 18.7 Å². The number of carbonyl (C=O) groups excluding carboxylic acids is 1. The fourth-order valence-corrected chi connectivity index (χ4v) is 1.04. The lowest BCUT2D eigenvalue weighted by molar-refractivity contribution is -0.140. The zero-order valence-electron chi connectivity index (χ0n) is 8.26. The molecule has 0 aliphatic carbocycles. The highest BCUT2D eigenvalue weighted by molar-refractivity contribution is 5.96. The van der Waals surface area contributed by atoms with E-state index in [4.69, 9.17) is 5.11 Å². The Labute approximate surface area is 82.2 Å². The maximum atomic E-state index is 11.4. The molecule has 1 fully saturated rings. The highest BCUT2D eigenvalue weighted by Crippen LogP contribution is 2.08. The Morgan fingerprint density at radius 2 is 2.07 bits per heavy atom. The summed E-state index contributed by atoms with van der Waals surface area (Å²) in [4.78, 5) is 21.9. The first-order valence-electron chi connectivity index (χ1n) is 4.45. The van der Waals surface area contributed by atoms with Crippen molar-refractivity contribution >= 4 is 11.9 Å². The predicted molar refractivity (Wildman–Crippen MR) is 50.8 cm³/mol. The summed E-state index contributed by atoms with van der Waals surface area (Å²) in [6, 6.07) is -0.842. The first-order valence-corrected chi connectivity index (χ1v) is 4.45. The normalized spacial score (nSPS) is 16.9.